The van der Waals surface area contributed by atoms with Crippen LogP contribution in [0.25, 0.3) is 0 Å². The van der Waals surface area contributed by atoms with Crippen LogP contribution in [0.2, 0.25) is 0 Å². The molecule has 0 N–H and O–H groups in total. The first-order valence-corrected chi connectivity index (χ1v) is 11.4. The van der Waals surface area contributed by atoms with Crippen LogP contribution in [0.4, 0.5) is 23.7 Å². The average Bonchev–Trinajstić information content (AvgIpc) is 3.58. The Morgan fingerprint density at radius 2 is 1.59 bits per heavy atom. The lowest BCUT2D eigenvalue weighted by molar-refractivity contribution is -0.137. The van der Waals surface area contributed by atoms with Crippen LogP contribution in [-0.2, 0) is 15.7 Å². The lowest BCUT2D eigenvalue weighted by Gasteiger charge is -2.43. The molecule has 4 aliphatic rings. The van der Waals surface area contributed by atoms with Gasteiger partial charge in [0.05, 0.1) is 11.3 Å². The van der Waals surface area contributed by atoms with Crippen molar-refractivity contribution in [1.82, 2.24) is 9.80 Å². The molecule has 3 heterocycles. The van der Waals surface area contributed by atoms with E-state index in [1.807, 2.05) is 0 Å². The van der Waals surface area contributed by atoms with Crippen LogP contribution < -0.4 is 4.90 Å². The second-order valence-electron chi connectivity index (χ2n) is 9.46. The molecule has 1 spiro atoms. The van der Waals surface area contributed by atoms with E-state index in [4.69, 9.17) is 4.74 Å². The van der Waals surface area contributed by atoms with Crippen LogP contribution in [0.5, 0.6) is 0 Å². The first-order valence-electron chi connectivity index (χ1n) is 11.4. The van der Waals surface area contributed by atoms with Crippen LogP contribution in [0.15, 0.2) is 24.3 Å². The van der Waals surface area contributed by atoms with Crippen molar-refractivity contribution < 1.29 is 27.5 Å². The van der Waals surface area contributed by atoms with E-state index in [1.54, 1.807) is 4.90 Å². The molecular formula is C23H28F3N3O3. The number of amides is 3. The summed E-state index contributed by atoms with van der Waals surface area (Å²) in [6.07, 6.45) is 0.504. The lowest BCUT2D eigenvalue weighted by atomic mass is 9.85. The number of anilines is 1. The lowest BCUT2D eigenvalue weighted by Crippen LogP contribution is -2.57. The van der Waals surface area contributed by atoms with E-state index in [-0.39, 0.29) is 17.6 Å². The number of alkyl halides is 3. The minimum atomic E-state index is -4.46. The Morgan fingerprint density at radius 3 is 2.16 bits per heavy atom. The standard InChI is InChI=1S/C23H28F3N3O3/c24-23(25,26)17-1-3-18(4-2-17)28-20(30)22(29(21(28)31)19-5-6-19)9-11-27(12-10-22)15-16-7-13-32-14-8-16/h1-4,16,19H,5-15H2. The molecule has 0 unspecified atom stereocenters. The molecule has 1 aliphatic carbocycles. The molecular weight excluding hydrogens is 423 g/mol. The van der Waals surface area contributed by atoms with E-state index >= 15 is 0 Å². The zero-order chi connectivity index (χ0) is 22.5. The molecule has 0 aromatic heterocycles. The number of carbonyl (C=O) groups excluding carboxylic acids is 2. The predicted octanol–water partition coefficient (Wildman–Crippen LogP) is 3.90. The van der Waals surface area contributed by atoms with Crippen LogP contribution in [-0.4, -0.2) is 66.2 Å². The van der Waals surface area contributed by atoms with Crippen LogP contribution in [0, 0.1) is 5.92 Å². The number of ether oxygens (including phenoxy) is 1. The average molecular weight is 451 g/mol. The van der Waals surface area contributed by atoms with Crippen molar-refractivity contribution in [3.8, 4) is 0 Å². The number of hydrogen-bond acceptors (Lipinski definition) is 4. The summed E-state index contributed by atoms with van der Waals surface area (Å²) >= 11 is 0. The van der Waals surface area contributed by atoms with Crippen LogP contribution in [0.1, 0.15) is 44.1 Å². The van der Waals surface area contributed by atoms with Gasteiger partial charge in [-0.3, -0.25) is 4.79 Å². The molecule has 3 aliphatic heterocycles. The Labute approximate surface area is 185 Å². The van der Waals surface area contributed by atoms with Gasteiger partial charge in [0, 0.05) is 38.9 Å². The van der Waals surface area contributed by atoms with E-state index in [9.17, 15) is 22.8 Å². The van der Waals surface area contributed by atoms with E-state index in [0.717, 1.165) is 75.6 Å². The largest absolute Gasteiger partial charge is 0.416 e. The summed E-state index contributed by atoms with van der Waals surface area (Å²) in [5, 5.41) is 0. The monoisotopic (exact) mass is 451 g/mol. The first kappa shape index (κ1) is 21.7. The zero-order valence-electron chi connectivity index (χ0n) is 17.9. The number of benzene rings is 1. The Hall–Kier alpha value is -2.13. The van der Waals surface area contributed by atoms with E-state index in [2.05, 4.69) is 4.90 Å². The highest BCUT2D eigenvalue weighted by molar-refractivity contribution is 6.23. The number of nitrogens with zero attached hydrogens (tertiary/aromatic N) is 3. The molecule has 1 aromatic carbocycles. The Kier molecular flexibility index (Phi) is 5.44. The third kappa shape index (κ3) is 3.79. The van der Waals surface area contributed by atoms with Gasteiger partial charge in [-0.2, -0.15) is 13.2 Å². The number of imide groups is 1. The normalized spacial score (nSPS) is 25.2. The maximum atomic E-state index is 13.6. The first-order chi connectivity index (χ1) is 15.3. The minimum absolute atomic E-state index is 0.0490. The SMILES string of the molecule is O=C1N(c2ccc(C(F)(F)F)cc2)C(=O)C2(CCN(CC3CCOCC3)CC2)N1C1CC1. The molecule has 3 saturated heterocycles. The summed E-state index contributed by atoms with van der Waals surface area (Å²) in [4.78, 5) is 32.2. The molecule has 3 amide bonds. The third-order valence-electron chi connectivity index (χ3n) is 7.37. The van der Waals surface area contributed by atoms with Crippen LogP contribution in [0.3, 0.4) is 0 Å². The summed E-state index contributed by atoms with van der Waals surface area (Å²) in [5.74, 6) is 0.307. The quantitative estimate of drug-likeness (QED) is 0.652. The molecule has 1 aromatic rings. The smallest absolute Gasteiger partial charge is 0.381 e. The van der Waals surface area contributed by atoms with Gasteiger partial charge in [0.25, 0.3) is 5.91 Å². The van der Waals surface area contributed by atoms with E-state index < -0.39 is 23.3 Å². The van der Waals surface area contributed by atoms with Crippen molar-refractivity contribution in [3.05, 3.63) is 29.8 Å². The summed E-state index contributed by atoms with van der Waals surface area (Å²) in [6.45, 7) is 4.05. The van der Waals surface area contributed by atoms with Crippen LogP contribution >= 0.6 is 0 Å². The Balaban J connectivity index is 1.35. The number of piperidine rings is 1. The molecule has 0 bridgehead atoms. The number of halogens is 3. The van der Waals surface area contributed by atoms with Crippen molar-refractivity contribution in [3.63, 3.8) is 0 Å². The second kappa shape index (κ2) is 8.02. The van der Waals surface area contributed by atoms with Gasteiger partial charge in [-0.05, 0) is 68.7 Å². The fraction of sp³-hybridized carbons (Fsp3) is 0.652. The van der Waals surface area contributed by atoms with Gasteiger partial charge < -0.3 is 14.5 Å². The minimum Gasteiger partial charge on any atom is -0.381 e. The third-order valence-corrected chi connectivity index (χ3v) is 7.37. The van der Waals surface area contributed by atoms with Gasteiger partial charge in [-0.15, -0.1) is 0 Å². The molecule has 9 heteroatoms. The zero-order valence-corrected chi connectivity index (χ0v) is 17.9. The van der Waals surface area contributed by atoms with Gasteiger partial charge >= 0.3 is 12.2 Å². The van der Waals surface area contributed by atoms with Gasteiger partial charge in [0.1, 0.15) is 5.54 Å². The molecule has 0 atom stereocenters. The summed E-state index contributed by atoms with van der Waals surface area (Å²) < 4.78 is 44.3. The fourth-order valence-electron chi connectivity index (χ4n) is 5.41. The van der Waals surface area contributed by atoms with E-state index in [1.165, 1.54) is 12.1 Å². The van der Waals surface area contributed by atoms with Crippen molar-refractivity contribution in [2.24, 2.45) is 5.92 Å². The molecule has 174 valence electrons. The van der Waals surface area contributed by atoms with Gasteiger partial charge in [-0.1, -0.05) is 0 Å². The Morgan fingerprint density at radius 1 is 0.969 bits per heavy atom. The number of rotatable bonds is 4. The van der Waals surface area contributed by atoms with E-state index in [0.29, 0.717) is 18.8 Å². The van der Waals surface area contributed by atoms with Gasteiger partial charge in [0.15, 0.2) is 0 Å². The number of likely N-dealkylation sites (tertiary alicyclic amines) is 1. The number of urea groups is 1. The van der Waals surface area contributed by atoms with Gasteiger partial charge in [0.2, 0.25) is 0 Å². The maximum Gasteiger partial charge on any atom is 0.416 e. The molecule has 0 radical (unpaired) electrons. The van der Waals surface area contributed by atoms with Gasteiger partial charge in [-0.25, -0.2) is 9.69 Å². The topological polar surface area (TPSA) is 53.1 Å². The summed E-state index contributed by atoms with van der Waals surface area (Å²) in [5.41, 5.74) is -1.47. The molecule has 1 saturated carbocycles. The molecule has 5 rings (SSSR count). The highest BCUT2D eigenvalue weighted by Gasteiger charge is 2.61. The maximum absolute atomic E-state index is 13.6. The highest BCUT2D eigenvalue weighted by Crippen LogP contribution is 2.46. The fourth-order valence-corrected chi connectivity index (χ4v) is 5.41. The summed E-state index contributed by atoms with van der Waals surface area (Å²) in [6, 6.07) is 3.96. The molecule has 32 heavy (non-hydrogen) atoms. The predicted molar refractivity (Wildman–Crippen MR) is 111 cm³/mol. The Bertz CT molecular complexity index is 871. The highest BCUT2D eigenvalue weighted by atomic mass is 19.4. The molecule has 4 fully saturated rings. The van der Waals surface area contributed by atoms with Crippen molar-refractivity contribution in [2.45, 2.75) is 56.3 Å². The van der Waals surface area contributed by atoms with Crippen molar-refractivity contribution in [1.29, 1.82) is 0 Å². The number of hydrogen-bond donors (Lipinski definition) is 0. The number of carbonyl (C=O) groups is 2. The molecule has 6 nitrogen and oxygen atoms in total. The van der Waals surface area contributed by atoms with Crippen molar-refractivity contribution >= 4 is 17.6 Å². The second-order valence-corrected chi connectivity index (χ2v) is 9.46. The van der Waals surface area contributed by atoms with Crippen molar-refractivity contribution in [2.75, 3.05) is 37.7 Å². The summed E-state index contributed by atoms with van der Waals surface area (Å²) in [7, 11) is 0.